The number of ether oxygens (including phenoxy) is 2. The lowest BCUT2D eigenvalue weighted by molar-refractivity contribution is -0.250. The van der Waals surface area contributed by atoms with Crippen LogP contribution in [0, 0.1) is 0 Å². The van der Waals surface area contributed by atoms with Crippen molar-refractivity contribution in [2.45, 2.75) is 94.9 Å². The summed E-state index contributed by atoms with van der Waals surface area (Å²) in [6, 6.07) is 0. The molecular formula is C16H28O6. The Morgan fingerprint density at radius 2 is 1.95 bits per heavy atom. The van der Waals surface area contributed by atoms with E-state index in [9.17, 15) is 20.1 Å². The van der Waals surface area contributed by atoms with Crippen molar-refractivity contribution in [3.63, 3.8) is 0 Å². The molecule has 128 valence electrons. The van der Waals surface area contributed by atoms with Gasteiger partial charge in [0, 0.05) is 12.8 Å². The molecule has 2 aliphatic heterocycles. The van der Waals surface area contributed by atoms with Crippen LogP contribution in [0.25, 0.3) is 0 Å². The first-order chi connectivity index (χ1) is 10.4. The Hall–Kier alpha value is -0.690. The van der Waals surface area contributed by atoms with Gasteiger partial charge in [-0.25, -0.2) is 0 Å². The molecule has 2 fully saturated rings. The van der Waals surface area contributed by atoms with Crippen molar-refractivity contribution in [3.8, 4) is 0 Å². The van der Waals surface area contributed by atoms with Crippen molar-refractivity contribution in [1.82, 2.24) is 0 Å². The molecule has 6 heteroatoms. The van der Waals surface area contributed by atoms with E-state index in [-0.39, 0.29) is 25.2 Å². The van der Waals surface area contributed by atoms with Crippen LogP contribution in [-0.4, -0.2) is 51.5 Å². The van der Waals surface area contributed by atoms with Crippen molar-refractivity contribution in [3.05, 3.63) is 0 Å². The topological polar surface area (TPSA) is 96.2 Å². The Balaban J connectivity index is 1.70. The minimum absolute atomic E-state index is 0.0633. The zero-order valence-electron chi connectivity index (χ0n) is 13.2. The zero-order valence-corrected chi connectivity index (χ0v) is 13.2. The molecule has 5 atom stereocenters. The van der Waals surface area contributed by atoms with Crippen LogP contribution >= 0.6 is 0 Å². The van der Waals surface area contributed by atoms with Gasteiger partial charge in [-0.1, -0.05) is 39.0 Å². The summed E-state index contributed by atoms with van der Waals surface area (Å²) in [6.07, 6.45) is 3.56. The number of esters is 1. The number of carbonyl (C=O) groups excluding carboxylic acids is 1. The summed E-state index contributed by atoms with van der Waals surface area (Å²) in [5, 5.41) is 30.5. The molecule has 0 spiro atoms. The Morgan fingerprint density at radius 3 is 2.64 bits per heavy atom. The summed E-state index contributed by atoms with van der Waals surface area (Å²) in [4.78, 5) is 11.1. The second-order valence-corrected chi connectivity index (χ2v) is 6.55. The van der Waals surface area contributed by atoms with E-state index in [1.54, 1.807) is 0 Å². The summed E-state index contributed by atoms with van der Waals surface area (Å²) in [6.45, 7) is 2.15. The fourth-order valence-corrected chi connectivity index (χ4v) is 3.24. The third-order valence-electron chi connectivity index (χ3n) is 4.57. The first-order valence-corrected chi connectivity index (χ1v) is 8.40. The number of hydrogen-bond acceptors (Lipinski definition) is 6. The number of unbranched alkanes of at least 4 members (excludes halogenated alkanes) is 4. The van der Waals surface area contributed by atoms with Gasteiger partial charge in [0.1, 0.15) is 18.3 Å². The predicted molar refractivity (Wildman–Crippen MR) is 78.9 cm³/mol. The van der Waals surface area contributed by atoms with E-state index >= 15 is 0 Å². The van der Waals surface area contributed by atoms with E-state index in [4.69, 9.17) is 9.47 Å². The molecule has 2 saturated heterocycles. The highest BCUT2D eigenvalue weighted by molar-refractivity contribution is 5.72. The Labute approximate surface area is 131 Å². The number of aliphatic hydroxyl groups excluding tert-OH is 2. The third-order valence-corrected chi connectivity index (χ3v) is 4.57. The molecule has 6 nitrogen and oxygen atoms in total. The zero-order chi connectivity index (χ0) is 16.2. The molecule has 3 N–H and O–H groups in total. The molecule has 5 unspecified atom stereocenters. The second-order valence-electron chi connectivity index (χ2n) is 6.55. The SMILES string of the molecule is CCCCCCCC(O)CC(O)C1(O)CC2OC(=O)CC2O1. The van der Waals surface area contributed by atoms with Gasteiger partial charge in [-0.2, -0.15) is 0 Å². The summed E-state index contributed by atoms with van der Waals surface area (Å²) in [5.41, 5.74) is 0. The molecule has 2 rings (SSSR count). The number of aliphatic hydroxyl groups is 3. The third kappa shape index (κ3) is 4.41. The smallest absolute Gasteiger partial charge is 0.308 e. The molecular weight excluding hydrogens is 288 g/mol. The van der Waals surface area contributed by atoms with E-state index in [1.807, 2.05) is 0 Å². The van der Waals surface area contributed by atoms with E-state index < -0.39 is 30.2 Å². The molecule has 0 bridgehead atoms. The quantitative estimate of drug-likeness (QED) is 0.438. The average molecular weight is 316 g/mol. The highest BCUT2D eigenvalue weighted by atomic mass is 16.7. The monoisotopic (exact) mass is 316 g/mol. The fourth-order valence-electron chi connectivity index (χ4n) is 3.24. The van der Waals surface area contributed by atoms with Gasteiger partial charge in [0.15, 0.2) is 5.79 Å². The highest BCUT2D eigenvalue weighted by Crippen LogP contribution is 2.39. The predicted octanol–water partition coefficient (Wildman–Crippen LogP) is 1.25. The van der Waals surface area contributed by atoms with Crippen molar-refractivity contribution in [2.24, 2.45) is 0 Å². The van der Waals surface area contributed by atoms with E-state index in [0.717, 1.165) is 19.3 Å². The molecule has 2 aliphatic rings. The lowest BCUT2D eigenvalue weighted by atomic mass is 9.96. The summed E-state index contributed by atoms with van der Waals surface area (Å²) < 4.78 is 10.5. The largest absolute Gasteiger partial charge is 0.459 e. The molecule has 0 amide bonds. The van der Waals surface area contributed by atoms with Crippen molar-refractivity contribution in [1.29, 1.82) is 0 Å². The minimum Gasteiger partial charge on any atom is -0.459 e. The highest BCUT2D eigenvalue weighted by Gasteiger charge is 2.54. The van der Waals surface area contributed by atoms with Crippen LogP contribution < -0.4 is 0 Å². The van der Waals surface area contributed by atoms with Crippen molar-refractivity contribution >= 4 is 5.97 Å². The summed E-state index contributed by atoms with van der Waals surface area (Å²) in [7, 11) is 0. The lowest BCUT2D eigenvalue weighted by Gasteiger charge is -2.30. The van der Waals surface area contributed by atoms with Gasteiger partial charge in [-0.3, -0.25) is 4.79 Å². The van der Waals surface area contributed by atoms with E-state index in [0.29, 0.717) is 6.42 Å². The van der Waals surface area contributed by atoms with Crippen molar-refractivity contribution < 1.29 is 29.6 Å². The molecule has 0 aliphatic carbocycles. The van der Waals surface area contributed by atoms with Gasteiger partial charge in [0.2, 0.25) is 0 Å². The number of hydrogen-bond donors (Lipinski definition) is 3. The number of carbonyl (C=O) groups is 1. The van der Waals surface area contributed by atoms with Crippen LogP contribution in [0.2, 0.25) is 0 Å². The molecule has 0 radical (unpaired) electrons. The Bertz CT molecular complexity index is 356. The minimum atomic E-state index is -1.72. The summed E-state index contributed by atoms with van der Waals surface area (Å²) >= 11 is 0. The maximum Gasteiger partial charge on any atom is 0.308 e. The van der Waals surface area contributed by atoms with E-state index in [2.05, 4.69) is 6.92 Å². The Morgan fingerprint density at radius 1 is 1.23 bits per heavy atom. The average Bonchev–Trinajstić information content (AvgIpc) is 2.92. The van der Waals surface area contributed by atoms with Gasteiger partial charge >= 0.3 is 5.97 Å². The first kappa shape index (κ1) is 17.7. The van der Waals surface area contributed by atoms with Gasteiger partial charge < -0.3 is 24.8 Å². The van der Waals surface area contributed by atoms with Crippen LogP contribution in [0.5, 0.6) is 0 Å². The molecule has 0 aromatic rings. The summed E-state index contributed by atoms with van der Waals surface area (Å²) in [5.74, 6) is -2.06. The van der Waals surface area contributed by atoms with Crippen LogP contribution in [0.15, 0.2) is 0 Å². The lowest BCUT2D eigenvalue weighted by Crippen LogP contribution is -2.44. The standard InChI is InChI=1S/C16H28O6/c1-2-3-4-5-6-7-11(17)8-14(18)16(20)10-13-12(22-16)9-15(19)21-13/h11-14,17-18,20H,2-10H2,1H3. The Kier molecular flexibility index (Phi) is 6.20. The van der Waals surface area contributed by atoms with Gasteiger partial charge in [-0.15, -0.1) is 0 Å². The van der Waals surface area contributed by atoms with Crippen molar-refractivity contribution in [2.75, 3.05) is 0 Å². The second kappa shape index (κ2) is 7.73. The van der Waals surface area contributed by atoms with Crippen LogP contribution in [-0.2, 0) is 14.3 Å². The van der Waals surface area contributed by atoms with Gasteiger partial charge in [0.05, 0.1) is 12.5 Å². The van der Waals surface area contributed by atoms with Crippen LogP contribution in [0.1, 0.15) is 64.7 Å². The molecule has 2 heterocycles. The van der Waals surface area contributed by atoms with Gasteiger partial charge in [0.25, 0.3) is 0 Å². The normalized spacial score (nSPS) is 33.5. The van der Waals surface area contributed by atoms with E-state index in [1.165, 1.54) is 12.8 Å². The molecule has 0 saturated carbocycles. The number of rotatable bonds is 9. The fraction of sp³-hybridized carbons (Fsp3) is 0.938. The van der Waals surface area contributed by atoms with Crippen LogP contribution in [0.4, 0.5) is 0 Å². The molecule has 0 aromatic carbocycles. The first-order valence-electron chi connectivity index (χ1n) is 8.40. The van der Waals surface area contributed by atoms with Gasteiger partial charge in [-0.05, 0) is 6.42 Å². The maximum atomic E-state index is 11.1. The number of fused-ring (bicyclic) bond motifs is 1. The molecule has 0 aromatic heterocycles. The molecule has 22 heavy (non-hydrogen) atoms. The maximum absolute atomic E-state index is 11.1. The van der Waals surface area contributed by atoms with Crippen LogP contribution in [0.3, 0.4) is 0 Å².